The van der Waals surface area contributed by atoms with E-state index in [0.29, 0.717) is 13.2 Å². The van der Waals surface area contributed by atoms with Crippen LogP contribution in [0.2, 0.25) is 0 Å². The number of carbonyl (C=O) groups excluding carboxylic acids is 1. The highest BCUT2D eigenvalue weighted by atomic mass is 35.5. The van der Waals surface area contributed by atoms with Gasteiger partial charge < -0.3 is 10.1 Å². The van der Waals surface area contributed by atoms with Crippen LogP contribution in [-0.2, 0) is 16.1 Å². The predicted octanol–water partition coefficient (Wildman–Crippen LogP) is 1.95. The molecular formula is C12H16ClNO2. The van der Waals surface area contributed by atoms with Crippen molar-refractivity contribution >= 4 is 17.5 Å². The quantitative estimate of drug-likeness (QED) is 0.774. The molecule has 1 amide bonds. The Bertz CT molecular complexity index is 316. The first-order chi connectivity index (χ1) is 7.72. The molecule has 1 atom stereocenters. The molecule has 4 heteroatoms. The highest BCUT2D eigenvalue weighted by Gasteiger charge is 2.05. The van der Waals surface area contributed by atoms with E-state index in [1.165, 1.54) is 0 Å². The number of nitrogens with one attached hydrogen (secondary N) is 1. The summed E-state index contributed by atoms with van der Waals surface area (Å²) in [5, 5.41) is 2.72. The van der Waals surface area contributed by atoms with Gasteiger partial charge in [0.05, 0.1) is 13.2 Å². The molecule has 88 valence electrons. The maximum Gasteiger partial charge on any atom is 0.235 e. The number of amides is 1. The molecule has 16 heavy (non-hydrogen) atoms. The lowest BCUT2D eigenvalue weighted by atomic mass is 10.2. The van der Waals surface area contributed by atoms with E-state index in [1.54, 1.807) is 0 Å². The van der Waals surface area contributed by atoms with Crippen molar-refractivity contribution in [1.29, 1.82) is 0 Å². The molecule has 0 radical (unpaired) electrons. The summed E-state index contributed by atoms with van der Waals surface area (Å²) < 4.78 is 5.47. The van der Waals surface area contributed by atoms with Gasteiger partial charge in [0.15, 0.2) is 0 Å². The summed E-state index contributed by atoms with van der Waals surface area (Å²) in [6.07, 6.45) is 0. The number of alkyl halides is 1. The summed E-state index contributed by atoms with van der Waals surface area (Å²) in [6.45, 7) is 2.93. The third kappa shape index (κ3) is 5.14. The molecule has 0 aliphatic heterocycles. The van der Waals surface area contributed by atoms with Gasteiger partial charge in [-0.15, -0.1) is 11.6 Å². The summed E-state index contributed by atoms with van der Waals surface area (Å²) in [6, 6.07) is 9.89. The normalized spacial score (nSPS) is 12.1. The minimum Gasteiger partial charge on any atom is -0.375 e. The molecule has 1 rings (SSSR count). The van der Waals surface area contributed by atoms with Gasteiger partial charge in [0.2, 0.25) is 5.91 Å². The number of halogens is 1. The van der Waals surface area contributed by atoms with Crippen molar-refractivity contribution in [2.45, 2.75) is 19.6 Å². The van der Waals surface area contributed by atoms with E-state index >= 15 is 0 Å². The molecule has 0 saturated heterocycles. The van der Waals surface area contributed by atoms with Crippen molar-refractivity contribution in [2.24, 2.45) is 0 Å². The Hall–Kier alpha value is -1.06. The van der Waals surface area contributed by atoms with E-state index in [4.69, 9.17) is 16.3 Å². The molecule has 3 nitrogen and oxygen atoms in total. The smallest absolute Gasteiger partial charge is 0.235 e. The SMILES string of the molecule is C[C@H](COCc1ccccc1)NC(=O)CCl. The molecule has 0 saturated carbocycles. The maximum absolute atomic E-state index is 11.0. The molecule has 0 aromatic heterocycles. The Morgan fingerprint density at radius 1 is 1.44 bits per heavy atom. The lowest BCUT2D eigenvalue weighted by molar-refractivity contribution is -0.119. The second-order valence-electron chi connectivity index (χ2n) is 3.60. The van der Waals surface area contributed by atoms with Crippen LogP contribution in [0.4, 0.5) is 0 Å². The third-order valence-corrected chi connectivity index (χ3v) is 2.25. The monoisotopic (exact) mass is 241 g/mol. The summed E-state index contributed by atoms with van der Waals surface area (Å²) in [5.74, 6) is -0.180. The zero-order valence-corrected chi connectivity index (χ0v) is 10.0. The number of rotatable bonds is 6. The molecule has 1 aromatic carbocycles. The van der Waals surface area contributed by atoms with Crippen LogP contribution in [0.3, 0.4) is 0 Å². The van der Waals surface area contributed by atoms with Gasteiger partial charge in [-0.2, -0.15) is 0 Å². The standard InChI is InChI=1S/C12H16ClNO2/c1-10(14-12(15)7-13)8-16-9-11-5-3-2-4-6-11/h2-6,10H,7-9H2,1H3,(H,14,15)/t10-/m1/s1. The van der Waals surface area contributed by atoms with Crippen LogP contribution >= 0.6 is 11.6 Å². The first-order valence-corrected chi connectivity index (χ1v) is 5.73. The van der Waals surface area contributed by atoms with Crippen LogP contribution in [0, 0.1) is 0 Å². The number of benzene rings is 1. The number of carbonyl (C=O) groups is 1. The lowest BCUT2D eigenvalue weighted by Gasteiger charge is -2.13. The molecule has 0 aliphatic rings. The Morgan fingerprint density at radius 3 is 2.75 bits per heavy atom. The molecule has 0 bridgehead atoms. The summed E-state index contributed by atoms with van der Waals surface area (Å²) >= 11 is 5.37. The average molecular weight is 242 g/mol. The van der Waals surface area contributed by atoms with Gasteiger partial charge in [-0.3, -0.25) is 4.79 Å². The fourth-order valence-electron chi connectivity index (χ4n) is 1.28. The van der Waals surface area contributed by atoms with Crippen molar-refractivity contribution in [3.8, 4) is 0 Å². The molecular weight excluding hydrogens is 226 g/mol. The van der Waals surface area contributed by atoms with Crippen LogP contribution in [0.1, 0.15) is 12.5 Å². The van der Waals surface area contributed by atoms with E-state index < -0.39 is 0 Å². The number of hydrogen-bond acceptors (Lipinski definition) is 2. The zero-order valence-electron chi connectivity index (χ0n) is 9.28. The molecule has 1 N–H and O–H groups in total. The van der Waals surface area contributed by atoms with E-state index in [-0.39, 0.29) is 17.8 Å². The minimum atomic E-state index is -0.169. The second kappa shape index (κ2) is 7.25. The summed E-state index contributed by atoms with van der Waals surface area (Å²) in [4.78, 5) is 11.0. The molecule has 1 aromatic rings. The van der Waals surface area contributed by atoms with Gasteiger partial charge in [-0.1, -0.05) is 30.3 Å². The highest BCUT2D eigenvalue weighted by Crippen LogP contribution is 2.00. The van der Waals surface area contributed by atoms with Gasteiger partial charge in [0, 0.05) is 6.04 Å². The first-order valence-electron chi connectivity index (χ1n) is 5.19. The molecule has 0 heterocycles. The topological polar surface area (TPSA) is 38.3 Å². The third-order valence-electron chi connectivity index (χ3n) is 2.01. The maximum atomic E-state index is 11.0. The van der Waals surface area contributed by atoms with Crippen LogP contribution in [0.5, 0.6) is 0 Å². The highest BCUT2D eigenvalue weighted by molar-refractivity contribution is 6.27. The molecule has 0 aliphatic carbocycles. The van der Waals surface area contributed by atoms with E-state index in [1.807, 2.05) is 37.3 Å². The van der Waals surface area contributed by atoms with Gasteiger partial charge in [0.25, 0.3) is 0 Å². The molecule has 0 spiro atoms. The van der Waals surface area contributed by atoms with E-state index in [9.17, 15) is 4.79 Å². The molecule has 0 unspecified atom stereocenters. The summed E-state index contributed by atoms with van der Waals surface area (Å²) in [5.41, 5.74) is 1.12. The van der Waals surface area contributed by atoms with Crippen molar-refractivity contribution in [1.82, 2.24) is 5.32 Å². The fraction of sp³-hybridized carbons (Fsp3) is 0.417. The van der Waals surface area contributed by atoms with Crippen molar-refractivity contribution in [3.05, 3.63) is 35.9 Å². The Kier molecular flexibility index (Phi) is 5.90. The van der Waals surface area contributed by atoms with Crippen LogP contribution in [-0.4, -0.2) is 24.4 Å². The van der Waals surface area contributed by atoms with Crippen molar-refractivity contribution < 1.29 is 9.53 Å². The fourth-order valence-corrected chi connectivity index (χ4v) is 1.36. The number of ether oxygens (including phenoxy) is 1. The van der Waals surface area contributed by atoms with Crippen LogP contribution in [0.25, 0.3) is 0 Å². The van der Waals surface area contributed by atoms with E-state index in [0.717, 1.165) is 5.56 Å². The Balaban J connectivity index is 2.18. The van der Waals surface area contributed by atoms with Gasteiger partial charge in [0.1, 0.15) is 5.88 Å². The Morgan fingerprint density at radius 2 is 2.12 bits per heavy atom. The zero-order chi connectivity index (χ0) is 11.8. The minimum absolute atomic E-state index is 0.0109. The Labute approximate surface area is 101 Å². The van der Waals surface area contributed by atoms with Crippen LogP contribution < -0.4 is 5.32 Å². The predicted molar refractivity (Wildman–Crippen MR) is 64.4 cm³/mol. The van der Waals surface area contributed by atoms with Gasteiger partial charge in [-0.25, -0.2) is 0 Å². The lowest BCUT2D eigenvalue weighted by Crippen LogP contribution is -2.36. The summed E-state index contributed by atoms with van der Waals surface area (Å²) in [7, 11) is 0. The van der Waals surface area contributed by atoms with Crippen molar-refractivity contribution in [3.63, 3.8) is 0 Å². The second-order valence-corrected chi connectivity index (χ2v) is 3.87. The first kappa shape index (κ1) is 13.0. The van der Waals surface area contributed by atoms with Crippen LogP contribution in [0.15, 0.2) is 30.3 Å². The van der Waals surface area contributed by atoms with Gasteiger partial charge in [-0.05, 0) is 12.5 Å². The molecule has 0 fully saturated rings. The van der Waals surface area contributed by atoms with Gasteiger partial charge >= 0.3 is 0 Å². The number of hydrogen-bond donors (Lipinski definition) is 1. The van der Waals surface area contributed by atoms with Crippen molar-refractivity contribution in [2.75, 3.05) is 12.5 Å². The van der Waals surface area contributed by atoms with E-state index in [2.05, 4.69) is 5.32 Å². The largest absolute Gasteiger partial charge is 0.375 e. The average Bonchev–Trinajstić information content (AvgIpc) is 2.30.